The molecule has 1 aliphatic heterocycles. The third-order valence-electron chi connectivity index (χ3n) is 5.55. The molecule has 0 radical (unpaired) electrons. The summed E-state index contributed by atoms with van der Waals surface area (Å²) < 4.78 is 17.1. The van der Waals surface area contributed by atoms with Crippen molar-refractivity contribution in [2.24, 2.45) is 5.92 Å². The molecular weight excluding hydrogens is 434 g/mol. The molecule has 7 heteroatoms. The second-order valence-electron chi connectivity index (χ2n) is 8.10. The minimum Gasteiger partial charge on any atom is -0.493 e. The predicted octanol–water partition coefficient (Wildman–Crippen LogP) is 4.41. The highest BCUT2D eigenvalue weighted by Crippen LogP contribution is 2.27. The summed E-state index contributed by atoms with van der Waals surface area (Å²) >= 11 is 0. The van der Waals surface area contributed by atoms with Gasteiger partial charge in [-0.05, 0) is 54.1 Å². The largest absolute Gasteiger partial charge is 0.493 e. The molecule has 0 aliphatic carbocycles. The number of rotatable bonds is 11. The molecule has 0 bridgehead atoms. The molecule has 1 heterocycles. The molecule has 1 atom stereocenters. The third-order valence-corrected chi connectivity index (χ3v) is 5.55. The molecule has 176 valence electrons. The van der Waals surface area contributed by atoms with Gasteiger partial charge in [0.25, 0.3) is 0 Å². The maximum Gasteiger partial charge on any atom is 0.335 e. The molecule has 1 N–H and O–H groups in total. The molecular formula is C27H27NO6. The van der Waals surface area contributed by atoms with Gasteiger partial charge in [-0.1, -0.05) is 30.3 Å². The fraction of sp³-hybridized carbons (Fsp3) is 0.259. The van der Waals surface area contributed by atoms with E-state index >= 15 is 0 Å². The molecule has 0 aromatic heterocycles. The van der Waals surface area contributed by atoms with E-state index in [0.717, 1.165) is 17.0 Å². The van der Waals surface area contributed by atoms with Crippen molar-refractivity contribution in [2.45, 2.75) is 13.0 Å². The number of hydrogen-bond donors (Lipinski definition) is 1. The lowest BCUT2D eigenvalue weighted by molar-refractivity contribution is -0.117. The second-order valence-corrected chi connectivity index (χ2v) is 8.10. The van der Waals surface area contributed by atoms with Crippen molar-refractivity contribution in [1.82, 2.24) is 0 Å². The summed E-state index contributed by atoms with van der Waals surface area (Å²) in [7, 11) is 0. The van der Waals surface area contributed by atoms with Crippen molar-refractivity contribution >= 4 is 17.6 Å². The number of anilines is 1. The van der Waals surface area contributed by atoms with Gasteiger partial charge in [0.1, 0.15) is 18.1 Å². The summed E-state index contributed by atoms with van der Waals surface area (Å²) in [5.74, 6) is 0.451. The Bertz CT molecular complexity index is 1080. The van der Waals surface area contributed by atoms with E-state index in [2.05, 4.69) is 0 Å². The van der Waals surface area contributed by atoms with Crippen LogP contribution in [0.3, 0.4) is 0 Å². The van der Waals surface area contributed by atoms with Crippen molar-refractivity contribution in [1.29, 1.82) is 0 Å². The number of carboxylic acids is 1. The monoisotopic (exact) mass is 461 g/mol. The van der Waals surface area contributed by atoms with Gasteiger partial charge in [0.2, 0.25) is 5.91 Å². The zero-order chi connectivity index (χ0) is 23.8. The van der Waals surface area contributed by atoms with E-state index in [1.807, 2.05) is 54.6 Å². The Morgan fingerprint density at radius 3 is 2.26 bits per heavy atom. The molecule has 1 amide bonds. The van der Waals surface area contributed by atoms with Crippen LogP contribution in [-0.2, 0) is 16.1 Å². The summed E-state index contributed by atoms with van der Waals surface area (Å²) in [4.78, 5) is 25.2. The Hall–Kier alpha value is -3.84. The van der Waals surface area contributed by atoms with Crippen molar-refractivity contribution in [3.05, 3.63) is 90.0 Å². The quantitative estimate of drug-likeness (QED) is 0.426. The van der Waals surface area contributed by atoms with Gasteiger partial charge in [-0.25, -0.2) is 4.79 Å². The highest BCUT2D eigenvalue weighted by molar-refractivity contribution is 5.95. The van der Waals surface area contributed by atoms with E-state index in [1.54, 1.807) is 17.0 Å². The van der Waals surface area contributed by atoms with Gasteiger partial charge in [0, 0.05) is 24.6 Å². The smallest absolute Gasteiger partial charge is 0.335 e. The van der Waals surface area contributed by atoms with Crippen LogP contribution in [-0.4, -0.2) is 43.3 Å². The average Bonchev–Trinajstić information content (AvgIpc) is 3.24. The molecule has 4 rings (SSSR count). The SMILES string of the molecule is O=C(O)c1ccc(OCC2CC(=O)N(c3ccc(OCCOCc4ccccc4)cc3)C2)cc1. The minimum atomic E-state index is -0.976. The van der Waals surface area contributed by atoms with Crippen molar-refractivity contribution in [3.63, 3.8) is 0 Å². The van der Waals surface area contributed by atoms with Gasteiger partial charge in [0.15, 0.2) is 0 Å². The molecule has 1 fully saturated rings. The first-order valence-corrected chi connectivity index (χ1v) is 11.2. The number of carboxylic acid groups (broad SMARTS) is 1. The maximum absolute atomic E-state index is 12.5. The van der Waals surface area contributed by atoms with E-state index in [1.165, 1.54) is 12.1 Å². The minimum absolute atomic E-state index is 0.0535. The van der Waals surface area contributed by atoms with Crippen LogP contribution in [0.1, 0.15) is 22.3 Å². The molecule has 0 spiro atoms. The molecule has 1 unspecified atom stereocenters. The second kappa shape index (κ2) is 11.3. The predicted molar refractivity (Wildman–Crippen MR) is 127 cm³/mol. The van der Waals surface area contributed by atoms with Gasteiger partial charge >= 0.3 is 5.97 Å². The summed E-state index contributed by atoms with van der Waals surface area (Å²) in [5.41, 5.74) is 2.16. The molecule has 3 aromatic carbocycles. The van der Waals surface area contributed by atoms with Crippen molar-refractivity contribution in [2.75, 3.05) is 31.3 Å². The number of carbonyl (C=O) groups is 2. The normalized spacial score (nSPS) is 15.4. The Morgan fingerprint density at radius 2 is 1.56 bits per heavy atom. The molecule has 34 heavy (non-hydrogen) atoms. The van der Waals surface area contributed by atoms with Gasteiger partial charge < -0.3 is 24.2 Å². The average molecular weight is 462 g/mol. The van der Waals surface area contributed by atoms with Crippen LogP contribution in [0.25, 0.3) is 0 Å². The lowest BCUT2D eigenvalue weighted by atomic mass is 10.1. The molecule has 3 aromatic rings. The number of benzene rings is 3. The lowest BCUT2D eigenvalue weighted by Gasteiger charge is -2.17. The van der Waals surface area contributed by atoms with Gasteiger partial charge in [-0.2, -0.15) is 0 Å². The maximum atomic E-state index is 12.5. The summed E-state index contributed by atoms with van der Waals surface area (Å²) in [5, 5.41) is 8.97. The van der Waals surface area contributed by atoms with Crippen LogP contribution in [0.15, 0.2) is 78.9 Å². The topological polar surface area (TPSA) is 85.3 Å². The van der Waals surface area contributed by atoms with Crippen LogP contribution in [0.4, 0.5) is 5.69 Å². The van der Waals surface area contributed by atoms with Crippen LogP contribution in [0.5, 0.6) is 11.5 Å². The molecule has 7 nitrogen and oxygen atoms in total. The zero-order valence-corrected chi connectivity index (χ0v) is 18.8. The number of carbonyl (C=O) groups excluding carboxylic acids is 1. The van der Waals surface area contributed by atoms with E-state index in [9.17, 15) is 9.59 Å². The zero-order valence-electron chi connectivity index (χ0n) is 18.8. The third kappa shape index (κ3) is 6.36. The summed E-state index contributed by atoms with van der Waals surface area (Å²) in [6, 6.07) is 23.7. The van der Waals surface area contributed by atoms with Gasteiger partial charge in [0.05, 0.1) is 25.4 Å². The van der Waals surface area contributed by atoms with Crippen LogP contribution in [0, 0.1) is 5.92 Å². The Balaban J connectivity index is 1.20. The molecule has 1 saturated heterocycles. The fourth-order valence-electron chi connectivity index (χ4n) is 3.76. The van der Waals surface area contributed by atoms with Crippen LogP contribution in [0.2, 0.25) is 0 Å². The lowest BCUT2D eigenvalue weighted by Crippen LogP contribution is -2.25. The standard InChI is InChI=1S/C27H27NO6/c29-26-16-21(19-34-25-10-6-22(7-11-25)27(30)31)17-28(26)23-8-12-24(13-9-23)33-15-14-32-18-20-4-2-1-3-5-20/h1-13,21H,14-19H2,(H,30,31). The van der Waals surface area contributed by atoms with Crippen LogP contribution >= 0.6 is 0 Å². The Morgan fingerprint density at radius 1 is 0.882 bits per heavy atom. The summed E-state index contributed by atoms with van der Waals surface area (Å²) in [6.45, 7) is 2.45. The van der Waals surface area contributed by atoms with E-state index in [0.29, 0.717) is 45.1 Å². The van der Waals surface area contributed by atoms with Gasteiger partial charge in [-0.15, -0.1) is 0 Å². The fourth-order valence-corrected chi connectivity index (χ4v) is 3.76. The van der Waals surface area contributed by atoms with Crippen molar-refractivity contribution < 1.29 is 28.9 Å². The highest BCUT2D eigenvalue weighted by Gasteiger charge is 2.31. The first-order valence-electron chi connectivity index (χ1n) is 11.2. The molecule has 0 saturated carbocycles. The number of amides is 1. The Kier molecular flexibility index (Phi) is 7.78. The first-order chi connectivity index (χ1) is 16.6. The first kappa shape index (κ1) is 23.3. The van der Waals surface area contributed by atoms with Crippen LogP contribution < -0.4 is 14.4 Å². The number of ether oxygens (including phenoxy) is 3. The number of nitrogens with zero attached hydrogens (tertiary/aromatic N) is 1. The van der Waals surface area contributed by atoms with E-state index in [-0.39, 0.29) is 17.4 Å². The molecule has 1 aliphatic rings. The number of hydrogen-bond acceptors (Lipinski definition) is 5. The summed E-state index contributed by atoms with van der Waals surface area (Å²) in [6.07, 6.45) is 0.407. The highest BCUT2D eigenvalue weighted by atomic mass is 16.5. The Labute approximate surface area is 198 Å². The van der Waals surface area contributed by atoms with E-state index in [4.69, 9.17) is 19.3 Å². The van der Waals surface area contributed by atoms with E-state index < -0.39 is 5.97 Å². The van der Waals surface area contributed by atoms with Gasteiger partial charge in [-0.3, -0.25) is 4.79 Å². The van der Waals surface area contributed by atoms with Crippen molar-refractivity contribution in [3.8, 4) is 11.5 Å². The number of aromatic carboxylic acids is 1.